The first-order chi connectivity index (χ1) is 8.93. The smallest absolute Gasteiger partial charge is 0.321 e. The number of ether oxygens (including phenoxy) is 1. The predicted molar refractivity (Wildman–Crippen MR) is 65.7 cm³/mol. The van der Waals surface area contributed by atoms with Crippen LogP contribution in [-0.2, 0) is 4.84 Å². The maximum Gasteiger partial charge on any atom is 0.321 e. The van der Waals surface area contributed by atoms with E-state index < -0.39 is 0 Å². The largest absolute Gasteiger partial charge is 0.424 e. The van der Waals surface area contributed by atoms with Gasteiger partial charge in [-0.05, 0) is 18.2 Å². The molecule has 18 heavy (non-hydrogen) atoms. The summed E-state index contributed by atoms with van der Waals surface area (Å²) in [6.45, 7) is 0.617. The van der Waals surface area contributed by atoms with Gasteiger partial charge in [-0.3, -0.25) is 0 Å². The summed E-state index contributed by atoms with van der Waals surface area (Å²) in [6, 6.07) is 9.73. The van der Waals surface area contributed by atoms with Gasteiger partial charge in [-0.15, -0.1) is 0 Å². The molecular weight excluding hydrogens is 230 g/mol. The molecule has 0 spiro atoms. The van der Waals surface area contributed by atoms with Gasteiger partial charge in [0.1, 0.15) is 12.4 Å². The fourth-order valence-corrected chi connectivity index (χ4v) is 1.73. The summed E-state index contributed by atoms with van der Waals surface area (Å²) < 4.78 is 5.66. The SMILES string of the molecule is c1cnc(Oc2ccccc2C2=NOCC2)nc1. The Hall–Kier alpha value is -2.43. The van der Waals surface area contributed by atoms with Gasteiger partial charge in [0.05, 0.1) is 5.71 Å². The van der Waals surface area contributed by atoms with Gasteiger partial charge in [0.25, 0.3) is 0 Å². The van der Waals surface area contributed by atoms with E-state index in [0.717, 1.165) is 17.7 Å². The number of aromatic nitrogens is 2. The minimum absolute atomic E-state index is 0.324. The van der Waals surface area contributed by atoms with E-state index in [-0.39, 0.29) is 0 Å². The van der Waals surface area contributed by atoms with Crippen LogP contribution in [0.1, 0.15) is 12.0 Å². The van der Waals surface area contributed by atoms with E-state index in [1.54, 1.807) is 18.5 Å². The minimum atomic E-state index is 0.324. The van der Waals surface area contributed by atoms with E-state index in [4.69, 9.17) is 9.57 Å². The first-order valence-corrected chi connectivity index (χ1v) is 5.66. The molecular formula is C13H11N3O2. The molecule has 1 aromatic heterocycles. The van der Waals surface area contributed by atoms with Crippen molar-refractivity contribution in [3.63, 3.8) is 0 Å². The van der Waals surface area contributed by atoms with Crippen molar-refractivity contribution in [2.24, 2.45) is 5.16 Å². The molecule has 0 saturated heterocycles. The van der Waals surface area contributed by atoms with Gasteiger partial charge in [0.2, 0.25) is 0 Å². The van der Waals surface area contributed by atoms with E-state index in [1.165, 1.54) is 0 Å². The third-order valence-corrected chi connectivity index (χ3v) is 2.55. The van der Waals surface area contributed by atoms with Crippen LogP contribution in [0, 0.1) is 0 Å². The number of oxime groups is 1. The van der Waals surface area contributed by atoms with Gasteiger partial charge in [0.15, 0.2) is 0 Å². The second-order valence-electron chi connectivity index (χ2n) is 3.75. The molecule has 5 nitrogen and oxygen atoms in total. The summed E-state index contributed by atoms with van der Waals surface area (Å²) >= 11 is 0. The Morgan fingerprint density at radius 1 is 1.06 bits per heavy atom. The van der Waals surface area contributed by atoms with Crippen molar-refractivity contribution in [1.29, 1.82) is 0 Å². The number of hydrogen-bond acceptors (Lipinski definition) is 5. The molecule has 0 saturated carbocycles. The van der Waals surface area contributed by atoms with Gasteiger partial charge in [-0.25, -0.2) is 9.97 Å². The quantitative estimate of drug-likeness (QED) is 0.827. The van der Waals surface area contributed by atoms with E-state index in [9.17, 15) is 0 Å². The zero-order valence-electron chi connectivity index (χ0n) is 9.61. The molecule has 3 rings (SSSR count). The molecule has 0 atom stereocenters. The minimum Gasteiger partial charge on any atom is -0.424 e. The van der Waals surface area contributed by atoms with Crippen LogP contribution in [0.5, 0.6) is 11.8 Å². The first kappa shape index (κ1) is 10.7. The number of para-hydroxylation sites is 1. The summed E-state index contributed by atoms with van der Waals surface area (Å²) in [5.41, 5.74) is 1.81. The molecule has 2 aromatic rings. The molecule has 90 valence electrons. The zero-order valence-corrected chi connectivity index (χ0v) is 9.61. The van der Waals surface area contributed by atoms with Gasteiger partial charge < -0.3 is 9.57 Å². The lowest BCUT2D eigenvalue weighted by molar-refractivity contribution is 0.174. The van der Waals surface area contributed by atoms with Crippen LogP contribution < -0.4 is 4.74 Å². The van der Waals surface area contributed by atoms with E-state index in [0.29, 0.717) is 18.4 Å². The highest BCUT2D eigenvalue weighted by Gasteiger charge is 2.16. The van der Waals surface area contributed by atoms with Crippen LogP contribution in [0.2, 0.25) is 0 Å². The average Bonchev–Trinajstić information content (AvgIpc) is 2.94. The number of hydrogen-bond donors (Lipinski definition) is 0. The van der Waals surface area contributed by atoms with Gasteiger partial charge in [-0.1, -0.05) is 17.3 Å². The second-order valence-corrected chi connectivity index (χ2v) is 3.75. The zero-order chi connectivity index (χ0) is 12.2. The van der Waals surface area contributed by atoms with Crippen molar-refractivity contribution in [2.75, 3.05) is 6.61 Å². The Labute approximate surface area is 104 Å². The molecule has 0 amide bonds. The summed E-state index contributed by atoms with van der Waals surface area (Å²) in [4.78, 5) is 13.1. The Morgan fingerprint density at radius 3 is 2.67 bits per heavy atom. The normalized spacial score (nSPS) is 13.9. The monoisotopic (exact) mass is 241 g/mol. The maximum absolute atomic E-state index is 5.66. The van der Waals surface area contributed by atoms with Crippen LogP contribution in [0.3, 0.4) is 0 Å². The standard InChI is InChI=1S/C13H11N3O2/c1-2-5-12(18-13-14-7-3-8-15-13)10(4-1)11-6-9-17-16-11/h1-5,7-8H,6,9H2. The third-order valence-electron chi connectivity index (χ3n) is 2.55. The molecule has 1 aliphatic heterocycles. The van der Waals surface area contributed by atoms with Gasteiger partial charge in [-0.2, -0.15) is 0 Å². The maximum atomic E-state index is 5.66. The van der Waals surface area contributed by atoms with Crippen molar-refractivity contribution >= 4 is 5.71 Å². The van der Waals surface area contributed by atoms with Crippen LogP contribution in [0.4, 0.5) is 0 Å². The lowest BCUT2D eigenvalue weighted by atomic mass is 10.1. The Bertz CT molecular complexity index is 569. The lowest BCUT2D eigenvalue weighted by Gasteiger charge is -2.08. The highest BCUT2D eigenvalue weighted by Crippen LogP contribution is 2.25. The summed E-state index contributed by atoms with van der Waals surface area (Å²) in [5.74, 6) is 0.688. The lowest BCUT2D eigenvalue weighted by Crippen LogP contribution is -2.01. The Balaban J connectivity index is 1.92. The number of benzene rings is 1. The highest BCUT2D eigenvalue weighted by molar-refractivity contribution is 6.03. The molecule has 0 fully saturated rings. The number of nitrogens with zero attached hydrogens (tertiary/aromatic N) is 3. The van der Waals surface area contributed by atoms with E-state index in [1.807, 2.05) is 24.3 Å². The van der Waals surface area contributed by atoms with Crippen molar-refractivity contribution in [3.8, 4) is 11.8 Å². The van der Waals surface area contributed by atoms with Gasteiger partial charge >= 0.3 is 6.01 Å². The van der Waals surface area contributed by atoms with Crippen molar-refractivity contribution in [3.05, 3.63) is 48.3 Å². The number of rotatable bonds is 3. The Morgan fingerprint density at radius 2 is 1.89 bits per heavy atom. The molecule has 0 bridgehead atoms. The second kappa shape index (κ2) is 4.83. The van der Waals surface area contributed by atoms with E-state index >= 15 is 0 Å². The van der Waals surface area contributed by atoms with Crippen molar-refractivity contribution < 1.29 is 9.57 Å². The van der Waals surface area contributed by atoms with E-state index in [2.05, 4.69) is 15.1 Å². The topological polar surface area (TPSA) is 56.6 Å². The Kier molecular flexibility index (Phi) is 2.87. The van der Waals surface area contributed by atoms with Crippen LogP contribution in [0.15, 0.2) is 47.9 Å². The van der Waals surface area contributed by atoms with Crippen molar-refractivity contribution in [2.45, 2.75) is 6.42 Å². The molecule has 0 aliphatic carbocycles. The summed E-state index contributed by atoms with van der Waals surface area (Å²) in [6.07, 6.45) is 4.07. The third kappa shape index (κ3) is 2.15. The fraction of sp³-hybridized carbons (Fsp3) is 0.154. The average molecular weight is 241 g/mol. The van der Waals surface area contributed by atoms with Crippen LogP contribution >= 0.6 is 0 Å². The molecule has 2 heterocycles. The molecule has 0 N–H and O–H groups in total. The van der Waals surface area contributed by atoms with Crippen LogP contribution in [0.25, 0.3) is 0 Å². The highest BCUT2D eigenvalue weighted by atomic mass is 16.6. The predicted octanol–water partition coefficient (Wildman–Crippen LogP) is 2.39. The fourth-order valence-electron chi connectivity index (χ4n) is 1.73. The molecule has 0 unspecified atom stereocenters. The summed E-state index contributed by atoms with van der Waals surface area (Å²) in [5, 5.41) is 4.00. The van der Waals surface area contributed by atoms with Crippen LogP contribution in [-0.4, -0.2) is 22.3 Å². The van der Waals surface area contributed by atoms with Crippen molar-refractivity contribution in [1.82, 2.24) is 9.97 Å². The molecule has 0 radical (unpaired) electrons. The summed E-state index contributed by atoms with van der Waals surface area (Å²) in [7, 11) is 0. The first-order valence-electron chi connectivity index (χ1n) is 5.66. The van der Waals surface area contributed by atoms with Gasteiger partial charge in [0, 0.05) is 24.4 Å². The molecule has 5 heteroatoms. The molecule has 1 aromatic carbocycles. The molecule has 1 aliphatic rings.